The number of alkyl halides is 1. The lowest BCUT2D eigenvalue weighted by molar-refractivity contribution is -0.384. The van der Waals surface area contributed by atoms with Crippen LogP contribution in [0.1, 0.15) is 11.3 Å². The monoisotopic (exact) mass is 354 g/mol. The van der Waals surface area contributed by atoms with Gasteiger partial charge in [-0.2, -0.15) is 5.10 Å². The molecule has 1 unspecified atom stereocenters. The molecule has 0 saturated carbocycles. The van der Waals surface area contributed by atoms with Crippen molar-refractivity contribution >= 4 is 27.4 Å². The van der Waals surface area contributed by atoms with Crippen LogP contribution in [-0.2, 0) is 17.7 Å². The van der Waals surface area contributed by atoms with E-state index in [9.17, 15) is 10.1 Å². The van der Waals surface area contributed by atoms with E-state index in [0.29, 0.717) is 18.7 Å². The van der Waals surface area contributed by atoms with E-state index in [1.54, 1.807) is 0 Å². The minimum Gasteiger partial charge on any atom is -0.370 e. The molecule has 1 heterocycles. The lowest BCUT2D eigenvalue weighted by atomic mass is 10.2. The molecule has 0 spiro atoms. The van der Waals surface area contributed by atoms with Crippen LogP contribution in [0.25, 0.3) is 0 Å². The highest BCUT2D eigenvalue weighted by molar-refractivity contribution is 9.09. The summed E-state index contributed by atoms with van der Waals surface area (Å²) < 4.78 is 5.05. The molecule has 21 heavy (non-hydrogen) atoms. The molecular formula is C13H15BrN4O3. The third-order valence-electron chi connectivity index (χ3n) is 2.92. The molecule has 0 radical (unpaired) electrons. The standard InChI is InChI=1S/C13H15BrN4O3/c1-21-11(14)7-10-12(18(19)20)13(17-16-10)15-8-9-5-3-2-4-6-9/h2-6,11H,7-8H2,1H3,(H2,15,16,17). The number of H-pyrrole nitrogens is 1. The predicted molar refractivity (Wildman–Crippen MR) is 82.4 cm³/mol. The molecule has 7 nitrogen and oxygen atoms in total. The number of nitrogens with one attached hydrogen (secondary N) is 2. The molecule has 112 valence electrons. The Morgan fingerprint density at radius 1 is 1.48 bits per heavy atom. The highest BCUT2D eigenvalue weighted by Gasteiger charge is 2.25. The maximum atomic E-state index is 11.2. The Hall–Kier alpha value is -1.93. The first-order valence-corrected chi connectivity index (χ1v) is 7.19. The highest BCUT2D eigenvalue weighted by Crippen LogP contribution is 2.28. The summed E-state index contributed by atoms with van der Waals surface area (Å²) >= 11 is 3.27. The summed E-state index contributed by atoms with van der Waals surface area (Å²) in [6, 6.07) is 9.61. The van der Waals surface area contributed by atoms with Crippen LogP contribution in [-0.4, -0.2) is 27.2 Å². The number of ether oxygens (including phenoxy) is 1. The lowest BCUT2D eigenvalue weighted by Crippen LogP contribution is -2.07. The van der Waals surface area contributed by atoms with E-state index in [4.69, 9.17) is 4.74 Å². The summed E-state index contributed by atoms with van der Waals surface area (Å²) in [6.45, 7) is 0.466. The molecule has 1 atom stereocenters. The molecule has 0 bridgehead atoms. The van der Waals surface area contributed by atoms with Crippen LogP contribution in [0.3, 0.4) is 0 Å². The Kier molecular flexibility index (Phi) is 5.29. The van der Waals surface area contributed by atoms with E-state index in [1.165, 1.54) is 7.11 Å². The van der Waals surface area contributed by atoms with E-state index >= 15 is 0 Å². The molecule has 0 amide bonds. The first-order valence-electron chi connectivity index (χ1n) is 6.28. The molecule has 1 aromatic carbocycles. The van der Waals surface area contributed by atoms with Crippen molar-refractivity contribution in [3.8, 4) is 0 Å². The van der Waals surface area contributed by atoms with Gasteiger partial charge in [0.05, 0.1) is 4.92 Å². The smallest absolute Gasteiger partial charge is 0.333 e. The van der Waals surface area contributed by atoms with E-state index in [2.05, 4.69) is 31.4 Å². The maximum Gasteiger partial charge on any atom is 0.333 e. The van der Waals surface area contributed by atoms with Crippen molar-refractivity contribution in [3.05, 3.63) is 51.7 Å². The number of rotatable bonds is 7. The van der Waals surface area contributed by atoms with Gasteiger partial charge in [0.15, 0.2) is 0 Å². The van der Waals surface area contributed by atoms with Gasteiger partial charge >= 0.3 is 5.69 Å². The quantitative estimate of drug-likeness (QED) is 0.453. The van der Waals surface area contributed by atoms with Crippen LogP contribution in [0.2, 0.25) is 0 Å². The summed E-state index contributed by atoms with van der Waals surface area (Å²) in [5, 5.41) is 20.6. The van der Waals surface area contributed by atoms with Crippen LogP contribution in [0, 0.1) is 10.1 Å². The largest absolute Gasteiger partial charge is 0.370 e. The second-order valence-electron chi connectivity index (χ2n) is 4.35. The molecular weight excluding hydrogens is 340 g/mol. The zero-order valence-electron chi connectivity index (χ0n) is 11.4. The van der Waals surface area contributed by atoms with Gasteiger partial charge in [-0.15, -0.1) is 0 Å². The minimum absolute atomic E-state index is 0.0487. The molecule has 2 aromatic rings. The molecule has 0 fully saturated rings. The van der Waals surface area contributed by atoms with Crippen molar-refractivity contribution in [2.75, 3.05) is 12.4 Å². The number of hydrogen-bond donors (Lipinski definition) is 2. The molecule has 1 aromatic heterocycles. The average Bonchev–Trinajstić information content (AvgIpc) is 2.89. The van der Waals surface area contributed by atoms with Crippen molar-refractivity contribution < 1.29 is 9.66 Å². The number of methoxy groups -OCH3 is 1. The fourth-order valence-electron chi connectivity index (χ4n) is 1.86. The van der Waals surface area contributed by atoms with Crippen molar-refractivity contribution in [2.24, 2.45) is 0 Å². The first-order chi connectivity index (χ1) is 10.1. The van der Waals surface area contributed by atoms with E-state index in [-0.39, 0.29) is 16.5 Å². The third kappa shape index (κ3) is 4.02. The number of nitrogens with zero attached hydrogens (tertiary/aromatic N) is 2. The second kappa shape index (κ2) is 7.19. The van der Waals surface area contributed by atoms with Crippen molar-refractivity contribution in [1.82, 2.24) is 10.2 Å². The minimum atomic E-state index is -0.443. The number of halogens is 1. The topological polar surface area (TPSA) is 93.1 Å². The fourth-order valence-corrected chi connectivity index (χ4v) is 2.18. The third-order valence-corrected chi connectivity index (χ3v) is 3.62. The summed E-state index contributed by atoms with van der Waals surface area (Å²) in [7, 11) is 1.52. The number of benzene rings is 1. The molecule has 0 aliphatic rings. The highest BCUT2D eigenvalue weighted by atomic mass is 79.9. The molecule has 0 aliphatic carbocycles. The van der Waals surface area contributed by atoms with Crippen LogP contribution < -0.4 is 5.32 Å². The summed E-state index contributed by atoms with van der Waals surface area (Å²) in [4.78, 5) is 10.8. The first kappa shape index (κ1) is 15.5. The number of nitro groups is 1. The fraction of sp³-hybridized carbons (Fsp3) is 0.308. The summed E-state index contributed by atoms with van der Waals surface area (Å²) in [5.41, 5.74) is 1.39. The number of aromatic amines is 1. The molecule has 0 saturated heterocycles. The Balaban J connectivity index is 2.14. The van der Waals surface area contributed by atoms with Crippen LogP contribution in [0.4, 0.5) is 11.5 Å². The van der Waals surface area contributed by atoms with Crippen LogP contribution in [0.15, 0.2) is 30.3 Å². The average molecular weight is 355 g/mol. The molecule has 2 rings (SSSR count). The van der Waals surface area contributed by atoms with Gasteiger partial charge in [0.2, 0.25) is 5.82 Å². The summed E-state index contributed by atoms with van der Waals surface area (Å²) in [5.74, 6) is 0.231. The van der Waals surface area contributed by atoms with Gasteiger partial charge in [0, 0.05) is 20.1 Å². The lowest BCUT2D eigenvalue weighted by Gasteiger charge is -2.05. The van der Waals surface area contributed by atoms with Crippen molar-refractivity contribution in [3.63, 3.8) is 0 Å². The van der Waals surface area contributed by atoms with Crippen molar-refractivity contribution in [1.29, 1.82) is 0 Å². The Morgan fingerprint density at radius 3 is 2.81 bits per heavy atom. The van der Waals surface area contributed by atoms with E-state index < -0.39 is 4.92 Å². The number of aromatic nitrogens is 2. The SMILES string of the molecule is COC(Br)Cc1[nH]nc(NCc2ccccc2)c1[N+](=O)[O-]. The normalized spacial score (nSPS) is 12.1. The Labute approximate surface area is 130 Å². The van der Waals surface area contributed by atoms with Gasteiger partial charge in [-0.05, 0) is 5.56 Å². The van der Waals surface area contributed by atoms with E-state index in [1.807, 2.05) is 30.3 Å². The Morgan fingerprint density at radius 2 is 2.19 bits per heavy atom. The van der Waals surface area contributed by atoms with E-state index in [0.717, 1.165) is 5.56 Å². The van der Waals surface area contributed by atoms with Gasteiger partial charge in [0.25, 0.3) is 0 Å². The molecule has 8 heteroatoms. The number of hydrogen-bond acceptors (Lipinski definition) is 5. The molecule has 2 N–H and O–H groups in total. The zero-order valence-corrected chi connectivity index (χ0v) is 13.0. The second-order valence-corrected chi connectivity index (χ2v) is 5.37. The van der Waals surface area contributed by atoms with Gasteiger partial charge in [0.1, 0.15) is 10.7 Å². The van der Waals surface area contributed by atoms with Crippen LogP contribution in [0.5, 0.6) is 0 Å². The summed E-state index contributed by atoms with van der Waals surface area (Å²) in [6.07, 6.45) is 0.326. The maximum absolute atomic E-state index is 11.2. The van der Waals surface area contributed by atoms with Gasteiger partial charge in [-0.1, -0.05) is 46.3 Å². The Bertz CT molecular complexity index is 603. The van der Waals surface area contributed by atoms with Crippen molar-refractivity contribution in [2.45, 2.75) is 18.0 Å². The molecule has 0 aliphatic heterocycles. The van der Waals surface area contributed by atoms with Crippen LogP contribution >= 0.6 is 15.9 Å². The predicted octanol–water partition coefficient (Wildman–Crippen LogP) is 2.84. The van der Waals surface area contributed by atoms with Gasteiger partial charge in [-0.25, -0.2) is 0 Å². The zero-order chi connectivity index (χ0) is 15.2. The van der Waals surface area contributed by atoms with Gasteiger partial charge < -0.3 is 10.1 Å². The number of anilines is 1. The van der Waals surface area contributed by atoms with Gasteiger partial charge in [-0.3, -0.25) is 15.2 Å².